The number of carbonyl (C=O) groups is 1. The van der Waals surface area contributed by atoms with Crippen LogP contribution in [0.4, 0.5) is 0 Å². The highest BCUT2D eigenvalue weighted by Gasteiger charge is 2.37. The van der Waals surface area contributed by atoms with Crippen LogP contribution in [0.15, 0.2) is 48.5 Å². The molecule has 20 heavy (non-hydrogen) atoms. The molecule has 0 aliphatic carbocycles. The van der Waals surface area contributed by atoms with Crippen molar-refractivity contribution < 1.29 is 14.3 Å². The number of cyclic esters (lactones) is 1. The summed E-state index contributed by atoms with van der Waals surface area (Å²) in [5, 5.41) is 0. The van der Waals surface area contributed by atoms with E-state index in [1.807, 2.05) is 56.3 Å². The van der Waals surface area contributed by atoms with E-state index in [1.54, 1.807) is 6.07 Å². The van der Waals surface area contributed by atoms with Gasteiger partial charge >= 0.3 is 5.97 Å². The van der Waals surface area contributed by atoms with Gasteiger partial charge in [-0.15, -0.1) is 0 Å². The lowest BCUT2D eigenvalue weighted by molar-refractivity contribution is 0.00948. The second kappa shape index (κ2) is 4.67. The monoisotopic (exact) mass is 268 g/mol. The number of esters is 1. The predicted molar refractivity (Wildman–Crippen MR) is 75.7 cm³/mol. The first kappa shape index (κ1) is 12.7. The molecule has 0 fully saturated rings. The molecule has 0 unspecified atom stereocenters. The van der Waals surface area contributed by atoms with Crippen LogP contribution in [0.3, 0.4) is 0 Å². The maximum absolute atomic E-state index is 11.7. The molecule has 102 valence electrons. The topological polar surface area (TPSA) is 35.5 Å². The van der Waals surface area contributed by atoms with Gasteiger partial charge in [-0.3, -0.25) is 0 Å². The van der Waals surface area contributed by atoms with Crippen molar-refractivity contribution in [3.8, 4) is 5.75 Å². The largest absolute Gasteiger partial charge is 0.489 e. The highest BCUT2D eigenvalue weighted by Crippen LogP contribution is 2.37. The second-order valence-electron chi connectivity index (χ2n) is 5.38. The van der Waals surface area contributed by atoms with Crippen molar-refractivity contribution in [2.24, 2.45) is 0 Å². The van der Waals surface area contributed by atoms with E-state index in [0.717, 1.165) is 16.9 Å². The molecule has 3 heteroatoms. The van der Waals surface area contributed by atoms with Gasteiger partial charge in [-0.25, -0.2) is 4.79 Å². The van der Waals surface area contributed by atoms with E-state index in [0.29, 0.717) is 12.2 Å². The summed E-state index contributed by atoms with van der Waals surface area (Å²) < 4.78 is 11.1. The third-order valence-electron chi connectivity index (χ3n) is 3.46. The molecule has 1 heterocycles. The molecule has 0 saturated heterocycles. The zero-order valence-corrected chi connectivity index (χ0v) is 11.6. The second-order valence-corrected chi connectivity index (χ2v) is 5.38. The average Bonchev–Trinajstić information content (AvgIpc) is 2.67. The molecule has 1 aliphatic heterocycles. The van der Waals surface area contributed by atoms with Gasteiger partial charge in [0.25, 0.3) is 0 Å². The minimum absolute atomic E-state index is 0.264. The number of fused-ring (bicyclic) bond motifs is 1. The maximum atomic E-state index is 11.7. The normalized spacial score (nSPS) is 15.6. The molecule has 1 aliphatic rings. The SMILES string of the molecule is CC1(C)OC(=O)c2ccc(OCc3ccccc3)cc21. The van der Waals surface area contributed by atoms with Crippen LogP contribution in [0, 0.1) is 0 Å². The van der Waals surface area contributed by atoms with E-state index in [1.165, 1.54) is 0 Å². The standard InChI is InChI=1S/C17H16O3/c1-17(2)15-10-13(8-9-14(15)16(18)20-17)19-11-12-6-4-3-5-7-12/h3-10H,11H2,1-2H3. The van der Waals surface area contributed by atoms with Crippen molar-refractivity contribution >= 4 is 5.97 Å². The molecule has 2 aromatic rings. The molecular formula is C17H16O3. The van der Waals surface area contributed by atoms with E-state index in [2.05, 4.69) is 0 Å². The molecule has 0 bridgehead atoms. The third kappa shape index (κ3) is 2.27. The molecule has 0 amide bonds. The van der Waals surface area contributed by atoms with Gasteiger partial charge in [0.15, 0.2) is 0 Å². The Morgan fingerprint density at radius 2 is 1.85 bits per heavy atom. The third-order valence-corrected chi connectivity index (χ3v) is 3.46. The minimum Gasteiger partial charge on any atom is -0.489 e. The summed E-state index contributed by atoms with van der Waals surface area (Å²) in [4.78, 5) is 11.7. The summed E-state index contributed by atoms with van der Waals surface area (Å²) in [5.74, 6) is 0.485. The molecule has 3 rings (SSSR count). The molecule has 0 atom stereocenters. The van der Waals surface area contributed by atoms with Gasteiger partial charge in [-0.05, 0) is 37.6 Å². The lowest BCUT2D eigenvalue weighted by atomic mass is 9.96. The molecule has 2 aromatic carbocycles. The van der Waals surface area contributed by atoms with Gasteiger partial charge in [-0.2, -0.15) is 0 Å². The zero-order chi connectivity index (χ0) is 14.2. The fourth-order valence-corrected chi connectivity index (χ4v) is 2.37. The Bertz CT molecular complexity index is 645. The molecule has 0 spiro atoms. The minimum atomic E-state index is -0.585. The van der Waals surface area contributed by atoms with E-state index < -0.39 is 5.60 Å². The Morgan fingerprint density at radius 3 is 2.60 bits per heavy atom. The van der Waals surface area contributed by atoms with Crippen molar-refractivity contribution in [1.29, 1.82) is 0 Å². The van der Waals surface area contributed by atoms with E-state index in [9.17, 15) is 4.79 Å². The summed E-state index contributed by atoms with van der Waals surface area (Å²) in [6, 6.07) is 15.5. The molecule has 3 nitrogen and oxygen atoms in total. The lowest BCUT2D eigenvalue weighted by Gasteiger charge is -2.18. The van der Waals surface area contributed by atoms with Crippen LogP contribution in [0.25, 0.3) is 0 Å². The van der Waals surface area contributed by atoms with Crippen LogP contribution in [0.2, 0.25) is 0 Å². The Labute approximate surface area is 118 Å². The quantitative estimate of drug-likeness (QED) is 0.797. The Hall–Kier alpha value is -2.29. The highest BCUT2D eigenvalue weighted by atomic mass is 16.6. The van der Waals surface area contributed by atoms with Crippen molar-refractivity contribution in [2.45, 2.75) is 26.1 Å². The van der Waals surface area contributed by atoms with Gasteiger partial charge in [0, 0.05) is 5.56 Å². The highest BCUT2D eigenvalue weighted by molar-refractivity contribution is 5.94. The molecule has 0 radical (unpaired) electrons. The van der Waals surface area contributed by atoms with E-state index in [4.69, 9.17) is 9.47 Å². The zero-order valence-electron chi connectivity index (χ0n) is 11.6. The van der Waals surface area contributed by atoms with Crippen LogP contribution in [-0.2, 0) is 16.9 Å². The fourth-order valence-electron chi connectivity index (χ4n) is 2.37. The van der Waals surface area contributed by atoms with Crippen molar-refractivity contribution in [3.05, 3.63) is 65.2 Å². The van der Waals surface area contributed by atoms with Gasteiger partial charge < -0.3 is 9.47 Å². The van der Waals surface area contributed by atoms with Crippen molar-refractivity contribution in [3.63, 3.8) is 0 Å². The molecule has 0 saturated carbocycles. The number of carbonyl (C=O) groups excluding carboxylic acids is 1. The number of hydrogen-bond donors (Lipinski definition) is 0. The van der Waals surface area contributed by atoms with Gasteiger partial charge in [-0.1, -0.05) is 30.3 Å². The summed E-state index contributed by atoms with van der Waals surface area (Å²) in [5.41, 5.74) is 2.04. The van der Waals surface area contributed by atoms with Crippen LogP contribution < -0.4 is 4.74 Å². The van der Waals surface area contributed by atoms with Crippen molar-refractivity contribution in [1.82, 2.24) is 0 Å². The van der Waals surface area contributed by atoms with Crippen LogP contribution in [-0.4, -0.2) is 5.97 Å². The Kier molecular flexibility index (Phi) is 2.97. The van der Waals surface area contributed by atoms with Crippen LogP contribution in [0.5, 0.6) is 5.75 Å². The number of hydrogen-bond acceptors (Lipinski definition) is 3. The van der Waals surface area contributed by atoms with Gasteiger partial charge in [0.1, 0.15) is 18.0 Å². The molecule has 0 aromatic heterocycles. The summed E-state index contributed by atoms with van der Waals surface area (Å²) in [7, 11) is 0. The van der Waals surface area contributed by atoms with E-state index >= 15 is 0 Å². The fraction of sp³-hybridized carbons (Fsp3) is 0.235. The van der Waals surface area contributed by atoms with Crippen LogP contribution >= 0.6 is 0 Å². The summed E-state index contributed by atoms with van der Waals surface area (Å²) in [6.07, 6.45) is 0. The predicted octanol–water partition coefficient (Wildman–Crippen LogP) is 3.67. The molecule has 0 N–H and O–H groups in total. The average molecular weight is 268 g/mol. The Morgan fingerprint density at radius 1 is 1.10 bits per heavy atom. The van der Waals surface area contributed by atoms with Crippen molar-refractivity contribution in [2.75, 3.05) is 0 Å². The van der Waals surface area contributed by atoms with Gasteiger partial charge in [0.05, 0.1) is 5.56 Å². The Balaban J connectivity index is 1.81. The molecular weight excluding hydrogens is 252 g/mol. The smallest absolute Gasteiger partial charge is 0.339 e. The number of ether oxygens (including phenoxy) is 2. The van der Waals surface area contributed by atoms with Crippen LogP contribution in [0.1, 0.15) is 35.3 Å². The first-order chi connectivity index (χ1) is 9.56. The van der Waals surface area contributed by atoms with Gasteiger partial charge in [0.2, 0.25) is 0 Å². The first-order valence-electron chi connectivity index (χ1n) is 6.61. The summed E-state index contributed by atoms with van der Waals surface area (Å²) in [6.45, 7) is 4.28. The maximum Gasteiger partial charge on any atom is 0.339 e. The summed E-state index contributed by atoms with van der Waals surface area (Å²) >= 11 is 0. The number of rotatable bonds is 3. The number of benzene rings is 2. The van der Waals surface area contributed by atoms with E-state index in [-0.39, 0.29) is 5.97 Å². The lowest BCUT2D eigenvalue weighted by Crippen LogP contribution is -2.16. The first-order valence-corrected chi connectivity index (χ1v) is 6.61.